The minimum Gasteiger partial charge on any atom is -0.444 e. The molecule has 0 spiro atoms. The van der Waals surface area contributed by atoms with Gasteiger partial charge in [0.05, 0.1) is 12.2 Å². The molecule has 1 aromatic carbocycles. The summed E-state index contributed by atoms with van der Waals surface area (Å²) in [6.07, 6.45) is -3.29. The summed E-state index contributed by atoms with van der Waals surface area (Å²) in [6, 6.07) is 4.28. The fraction of sp³-hybridized carbons (Fsp3) is 0.286. The molecule has 22 heavy (non-hydrogen) atoms. The van der Waals surface area contributed by atoms with Crippen molar-refractivity contribution in [2.45, 2.75) is 6.18 Å². The maximum Gasteiger partial charge on any atom is 0.416 e. The summed E-state index contributed by atoms with van der Waals surface area (Å²) >= 11 is 0. The Balaban J connectivity index is 2.19. The number of aliphatic hydroxyl groups excluding tert-OH is 1. The molecule has 0 aliphatic heterocycles. The molecule has 0 bridgehead atoms. The van der Waals surface area contributed by atoms with Crippen LogP contribution in [-0.2, 0) is 6.18 Å². The van der Waals surface area contributed by atoms with Crippen molar-refractivity contribution in [3.05, 3.63) is 41.8 Å². The Bertz CT molecular complexity index is 650. The first-order chi connectivity index (χ1) is 10.3. The van der Waals surface area contributed by atoms with E-state index in [2.05, 4.69) is 4.98 Å². The van der Waals surface area contributed by atoms with Gasteiger partial charge in [0.25, 0.3) is 5.91 Å². The van der Waals surface area contributed by atoms with Gasteiger partial charge in [-0.15, -0.1) is 0 Å². The third-order valence-electron chi connectivity index (χ3n) is 2.96. The number of aromatic nitrogens is 1. The second kappa shape index (κ2) is 6.18. The molecule has 1 N–H and O–H groups in total. The van der Waals surface area contributed by atoms with Gasteiger partial charge < -0.3 is 14.4 Å². The van der Waals surface area contributed by atoms with Crippen molar-refractivity contribution in [2.75, 3.05) is 20.2 Å². The quantitative estimate of drug-likeness (QED) is 0.941. The number of carbonyl (C=O) groups excluding carboxylic acids is 1. The van der Waals surface area contributed by atoms with Crippen molar-refractivity contribution in [1.29, 1.82) is 0 Å². The van der Waals surface area contributed by atoms with E-state index in [0.29, 0.717) is 5.56 Å². The summed E-state index contributed by atoms with van der Waals surface area (Å²) < 4.78 is 42.6. The molecule has 0 aliphatic rings. The van der Waals surface area contributed by atoms with Crippen LogP contribution in [0.2, 0.25) is 0 Å². The Morgan fingerprint density at radius 1 is 1.32 bits per heavy atom. The van der Waals surface area contributed by atoms with Gasteiger partial charge in [-0.3, -0.25) is 4.79 Å². The number of carbonyl (C=O) groups is 1. The second-order valence-electron chi connectivity index (χ2n) is 4.56. The molecule has 1 amide bonds. The van der Waals surface area contributed by atoms with E-state index < -0.39 is 17.6 Å². The van der Waals surface area contributed by atoms with Gasteiger partial charge in [0, 0.05) is 19.2 Å². The van der Waals surface area contributed by atoms with Crippen LogP contribution in [0.25, 0.3) is 11.5 Å². The van der Waals surface area contributed by atoms with Crippen LogP contribution in [0.4, 0.5) is 13.2 Å². The van der Waals surface area contributed by atoms with Gasteiger partial charge in [0.2, 0.25) is 5.89 Å². The van der Waals surface area contributed by atoms with E-state index in [0.717, 1.165) is 18.4 Å². The van der Waals surface area contributed by atoms with Crippen LogP contribution in [0, 0.1) is 0 Å². The molecular formula is C14H13F3N2O3. The number of hydrogen-bond acceptors (Lipinski definition) is 4. The molecule has 2 aromatic rings. The highest BCUT2D eigenvalue weighted by molar-refractivity contribution is 5.92. The van der Waals surface area contributed by atoms with Gasteiger partial charge in [-0.25, -0.2) is 4.98 Å². The van der Waals surface area contributed by atoms with Gasteiger partial charge in [-0.1, -0.05) is 0 Å². The number of rotatable bonds is 4. The van der Waals surface area contributed by atoms with Crippen molar-refractivity contribution < 1.29 is 27.5 Å². The Hall–Kier alpha value is -2.35. The fourth-order valence-corrected chi connectivity index (χ4v) is 1.75. The number of likely N-dealkylation sites (N-methyl/N-ethyl adjacent to an activating group) is 1. The minimum absolute atomic E-state index is 0.0193. The fourth-order valence-electron chi connectivity index (χ4n) is 1.75. The summed E-state index contributed by atoms with van der Waals surface area (Å²) in [7, 11) is 1.49. The van der Waals surface area contributed by atoms with E-state index in [9.17, 15) is 18.0 Å². The molecule has 0 saturated carbocycles. The Kier molecular flexibility index (Phi) is 4.51. The zero-order valence-corrected chi connectivity index (χ0v) is 11.6. The molecule has 1 heterocycles. The third-order valence-corrected chi connectivity index (χ3v) is 2.96. The number of alkyl halides is 3. The van der Waals surface area contributed by atoms with Gasteiger partial charge in [-0.2, -0.15) is 13.2 Å². The van der Waals surface area contributed by atoms with Crippen molar-refractivity contribution in [2.24, 2.45) is 0 Å². The number of amides is 1. The van der Waals surface area contributed by atoms with E-state index in [4.69, 9.17) is 9.52 Å². The van der Waals surface area contributed by atoms with Crippen molar-refractivity contribution >= 4 is 5.91 Å². The molecule has 0 aliphatic carbocycles. The normalized spacial score (nSPS) is 11.5. The maximum absolute atomic E-state index is 12.5. The predicted molar refractivity (Wildman–Crippen MR) is 71.0 cm³/mol. The van der Waals surface area contributed by atoms with Gasteiger partial charge >= 0.3 is 6.18 Å². The topological polar surface area (TPSA) is 66.6 Å². The van der Waals surface area contributed by atoms with Crippen molar-refractivity contribution in [3.63, 3.8) is 0 Å². The molecule has 0 atom stereocenters. The average molecular weight is 314 g/mol. The lowest BCUT2D eigenvalue weighted by Gasteiger charge is -2.12. The summed E-state index contributed by atoms with van der Waals surface area (Å²) in [6.45, 7) is -0.0485. The van der Waals surface area contributed by atoms with Crippen LogP contribution in [0.1, 0.15) is 16.1 Å². The Morgan fingerprint density at radius 2 is 1.95 bits per heavy atom. The standard InChI is InChI=1S/C14H13F3N2O3/c1-19(6-7-20)13(21)11-8-22-12(18-11)9-2-4-10(5-3-9)14(15,16)17/h2-5,8,20H,6-7H2,1H3. The lowest BCUT2D eigenvalue weighted by molar-refractivity contribution is -0.137. The molecular weight excluding hydrogens is 301 g/mol. The average Bonchev–Trinajstić information content (AvgIpc) is 2.95. The van der Waals surface area contributed by atoms with Crippen LogP contribution in [0.15, 0.2) is 34.9 Å². The summed E-state index contributed by atoms with van der Waals surface area (Å²) in [5.41, 5.74) is -0.426. The second-order valence-corrected chi connectivity index (χ2v) is 4.56. The van der Waals surface area contributed by atoms with Crippen LogP contribution < -0.4 is 0 Å². The highest BCUT2D eigenvalue weighted by Gasteiger charge is 2.30. The van der Waals surface area contributed by atoms with Gasteiger partial charge in [-0.05, 0) is 24.3 Å². The number of aliphatic hydroxyl groups is 1. The molecule has 0 radical (unpaired) electrons. The van der Waals surface area contributed by atoms with Crippen LogP contribution in [0.5, 0.6) is 0 Å². The molecule has 0 unspecified atom stereocenters. The van der Waals surface area contributed by atoms with Crippen LogP contribution in [0.3, 0.4) is 0 Å². The minimum atomic E-state index is -4.41. The molecule has 2 rings (SSSR count). The monoisotopic (exact) mass is 314 g/mol. The number of benzene rings is 1. The zero-order chi connectivity index (χ0) is 16.3. The molecule has 1 aromatic heterocycles. The SMILES string of the molecule is CN(CCO)C(=O)c1coc(-c2ccc(C(F)(F)F)cc2)n1. The highest BCUT2D eigenvalue weighted by Crippen LogP contribution is 2.30. The molecule has 0 fully saturated rings. The maximum atomic E-state index is 12.5. The van der Waals surface area contributed by atoms with Crippen LogP contribution >= 0.6 is 0 Å². The summed E-state index contributed by atoms with van der Waals surface area (Å²) in [4.78, 5) is 17.1. The van der Waals surface area contributed by atoms with E-state index in [-0.39, 0.29) is 24.7 Å². The van der Waals surface area contributed by atoms with E-state index >= 15 is 0 Å². The molecule has 8 heteroatoms. The number of halogens is 3. The molecule has 118 valence electrons. The van der Waals surface area contributed by atoms with E-state index in [1.165, 1.54) is 24.1 Å². The predicted octanol–water partition coefficient (Wildman–Crippen LogP) is 2.42. The van der Waals surface area contributed by atoms with E-state index in [1.807, 2.05) is 0 Å². The molecule has 5 nitrogen and oxygen atoms in total. The zero-order valence-electron chi connectivity index (χ0n) is 11.6. The van der Waals surface area contributed by atoms with Gasteiger partial charge in [0.1, 0.15) is 6.26 Å². The Labute approximate surface area is 124 Å². The summed E-state index contributed by atoms with van der Waals surface area (Å²) in [5.74, 6) is -0.398. The number of hydrogen-bond donors (Lipinski definition) is 1. The number of nitrogens with zero attached hydrogens (tertiary/aromatic N) is 2. The van der Waals surface area contributed by atoms with E-state index in [1.54, 1.807) is 0 Å². The van der Waals surface area contributed by atoms with Gasteiger partial charge in [0.15, 0.2) is 5.69 Å². The summed E-state index contributed by atoms with van der Waals surface area (Å²) in [5, 5.41) is 8.78. The lowest BCUT2D eigenvalue weighted by atomic mass is 10.1. The highest BCUT2D eigenvalue weighted by atomic mass is 19.4. The first-order valence-corrected chi connectivity index (χ1v) is 6.32. The van der Waals surface area contributed by atoms with Crippen molar-refractivity contribution in [1.82, 2.24) is 9.88 Å². The Morgan fingerprint density at radius 3 is 2.50 bits per heavy atom. The molecule has 0 saturated heterocycles. The van der Waals surface area contributed by atoms with Crippen molar-refractivity contribution in [3.8, 4) is 11.5 Å². The number of oxazole rings is 1. The first kappa shape index (κ1) is 16.0. The first-order valence-electron chi connectivity index (χ1n) is 6.32. The third kappa shape index (κ3) is 3.45. The largest absolute Gasteiger partial charge is 0.444 e. The lowest BCUT2D eigenvalue weighted by Crippen LogP contribution is -2.29. The van der Waals surface area contributed by atoms with Crippen LogP contribution in [-0.4, -0.2) is 41.1 Å². The smallest absolute Gasteiger partial charge is 0.416 e.